The van der Waals surface area contributed by atoms with E-state index in [0.29, 0.717) is 19.1 Å². The summed E-state index contributed by atoms with van der Waals surface area (Å²) in [6.07, 6.45) is 4.72. The summed E-state index contributed by atoms with van der Waals surface area (Å²) in [6, 6.07) is 8.15. The SMILES string of the molecule is COc1cccc(N2CCN(C(=O)CC3NC4CCCCC4NC3=O)CC2)c1. The van der Waals surface area contributed by atoms with Crippen LogP contribution in [-0.2, 0) is 9.59 Å². The summed E-state index contributed by atoms with van der Waals surface area (Å²) < 4.78 is 5.30. The molecule has 2 amide bonds. The highest BCUT2D eigenvalue weighted by molar-refractivity contribution is 5.89. The number of nitrogens with one attached hydrogen (secondary N) is 2. The van der Waals surface area contributed by atoms with E-state index in [-0.39, 0.29) is 24.3 Å². The molecule has 2 heterocycles. The van der Waals surface area contributed by atoms with Gasteiger partial charge >= 0.3 is 0 Å². The highest BCUT2D eigenvalue weighted by Crippen LogP contribution is 2.24. The lowest BCUT2D eigenvalue weighted by Gasteiger charge is -2.41. The summed E-state index contributed by atoms with van der Waals surface area (Å²) in [5.74, 6) is 0.880. The van der Waals surface area contributed by atoms with Gasteiger partial charge in [0.25, 0.3) is 0 Å². The van der Waals surface area contributed by atoms with Gasteiger partial charge in [-0.2, -0.15) is 0 Å². The molecule has 3 unspecified atom stereocenters. The molecule has 3 atom stereocenters. The Balaban J connectivity index is 1.29. The number of fused-ring (bicyclic) bond motifs is 1. The smallest absolute Gasteiger partial charge is 0.237 e. The van der Waals surface area contributed by atoms with Crippen molar-refractivity contribution in [2.45, 2.75) is 50.2 Å². The second kappa shape index (κ2) is 8.39. The largest absolute Gasteiger partial charge is 0.497 e. The summed E-state index contributed by atoms with van der Waals surface area (Å²) in [4.78, 5) is 29.3. The fourth-order valence-corrected chi connectivity index (χ4v) is 4.60. The van der Waals surface area contributed by atoms with Crippen LogP contribution in [0, 0.1) is 0 Å². The summed E-state index contributed by atoms with van der Waals surface area (Å²) in [5, 5.41) is 6.56. The van der Waals surface area contributed by atoms with Crippen LogP contribution in [0.1, 0.15) is 32.1 Å². The van der Waals surface area contributed by atoms with E-state index in [4.69, 9.17) is 4.74 Å². The van der Waals surface area contributed by atoms with Crippen LogP contribution in [0.25, 0.3) is 0 Å². The summed E-state index contributed by atoms with van der Waals surface area (Å²) >= 11 is 0. The Morgan fingerprint density at radius 3 is 2.64 bits per heavy atom. The number of methoxy groups -OCH3 is 1. The van der Waals surface area contributed by atoms with Crippen molar-refractivity contribution >= 4 is 17.5 Å². The predicted molar refractivity (Wildman–Crippen MR) is 108 cm³/mol. The molecule has 3 fully saturated rings. The summed E-state index contributed by atoms with van der Waals surface area (Å²) in [5.41, 5.74) is 1.11. The van der Waals surface area contributed by atoms with E-state index in [2.05, 4.69) is 21.6 Å². The minimum atomic E-state index is -0.400. The van der Waals surface area contributed by atoms with Crippen molar-refractivity contribution < 1.29 is 14.3 Å². The molecule has 0 spiro atoms. The van der Waals surface area contributed by atoms with Crippen LogP contribution in [0.2, 0.25) is 0 Å². The molecule has 2 saturated heterocycles. The van der Waals surface area contributed by atoms with Crippen molar-refractivity contribution in [3.8, 4) is 5.75 Å². The van der Waals surface area contributed by atoms with Crippen LogP contribution in [0.3, 0.4) is 0 Å². The lowest BCUT2D eigenvalue weighted by Crippen LogP contribution is -2.65. The predicted octanol–water partition coefficient (Wildman–Crippen LogP) is 1.13. The molecule has 152 valence electrons. The fourth-order valence-electron chi connectivity index (χ4n) is 4.60. The van der Waals surface area contributed by atoms with Crippen molar-refractivity contribution in [1.29, 1.82) is 0 Å². The number of nitrogens with zero attached hydrogens (tertiary/aromatic N) is 2. The maximum atomic E-state index is 12.8. The molecule has 0 radical (unpaired) electrons. The van der Waals surface area contributed by atoms with Gasteiger partial charge in [0, 0.05) is 50.0 Å². The molecule has 7 nitrogen and oxygen atoms in total. The maximum absolute atomic E-state index is 12.8. The first kappa shape index (κ1) is 19.1. The van der Waals surface area contributed by atoms with Gasteiger partial charge in [-0.05, 0) is 25.0 Å². The molecule has 0 aromatic heterocycles. The third-order valence-corrected chi connectivity index (χ3v) is 6.25. The summed E-state index contributed by atoms with van der Waals surface area (Å²) in [7, 11) is 1.67. The standard InChI is InChI=1S/C21H30N4O3/c1-28-16-6-4-5-15(13-16)24-9-11-25(12-10-24)20(26)14-19-21(27)23-18-8-3-2-7-17(18)22-19/h4-6,13,17-19,22H,2-3,7-12,14H2,1H3,(H,23,27). The zero-order valence-corrected chi connectivity index (χ0v) is 16.5. The van der Waals surface area contributed by atoms with Crippen molar-refractivity contribution in [2.24, 2.45) is 0 Å². The van der Waals surface area contributed by atoms with E-state index in [1.54, 1.807) is 7.11 Å². The first-order valence-electron chi connectivity index (χ1n) is 10.4. The van der Waals surface area contributed by atoms with E-state index in [9.17, 15) is 9.59 Å². The van der Waals surface area contributed by atoms with Gasteiger partial charge in [-0.25, -0.2) is 0 Å². The van der Waals surface area contributed by atoms with Crippen molar-refractivity contribution in [2.75, 3.05) is 38.2 Å². The number of amides is 2. The zero-order chi connectivity index (χ0) is 19.5. The van der Waals surface area contributed by atoms with Gasteiger partial charge in [0.15, 0.2) is 0 Å². The second-order valence-corrected chi connectivity index (χ2v) is 8.00. The molecule has 3 aliphatic rings. The van der Waals surface area contributed by atoms with Gasteiger partial charge < -0.3 is 25.2 Å². The second-order valence-electron chi connectivity index (χ2n) is 8.00. The number of ether oxygens (including phenoxy) is 1. The van der Waals surface area contributed by atoms with Gasteiger partial charge in [-0.3, -0.25) is 9.59 Å². The maximum Gasteiger partial charge on any atom is 0.237 e. The number of carbonyl (C=O) groups excluding carboxylic acids is 2. The van der Waals surface area contributed by atoms with Crippen LogP contribution >= 0.6 is 0 Å². The number of hydrogen-bond donors (Lipinski definition) is 2. The van der Waals surface area contributed by atoms with Crippen LogP contribution < -0.4 is 20.3 Å². The monoisotopic (exact) mass is 386 g/mol. The summed E-state index contributed by atoms with van der Waals surface area (Å²) in [6.45, 7) is 2.93. The Morgan fingerprint density at radius 2 is 1.89 bits per heavy atom. The lowest BCUT2D eigenvalue weighted by atomic mass is 9.87. The Kier molecular flexibility index (Phi) is 5.71. The zero-order valence-electron chi connectivity index (χ0n) is 16.5. The average Bonchev–Trinajstić information content (AvgIpc) is 2.74. The number of piperazine rings is 2. The van der Waals surface area contributed by atoms with Crippen LogP contribution in [0.15, 0.2) is 24.3 Å². The molecule has 28 heavy (non-hydrogen) atoms. The molecule has 1 aromatic carbocycles. The van der Waals surface area contributed by atoms with Crippen molar-refractivity contribution in [3.63, 3.8) is 0 Å². The lowest BCUT2D eigenvalue weighted by molar-refractivity contribution is -0.136. The third-order valence-electron chi connectivity index (χ3n) is 6.25. The van der Waals surface area contributed by atoms with E-state index in [1.807, 2.05) is 23.1 Å². The van der Waals surface area contributed by atoms with E-state index in [0.717, 1.165) is 37.4 Å². The Hall–Kier alpha value is -2.28. The number of rotatable bonds is 4. The molecule has 1 aliphatic carbocycles. The molecular weight excluding hydrogens is 356 g/mol. The molecule has 0 bridgehead atoms. The quantitative estimate of drug-likeness (QED) is 0.812. The molecule has 2 aliphatic heterocycles. The van der Waals surface area contributed by atoms with E-state index < -0.39 is 6.04 Å². The minimum absolute atomic E-state index is 0.0217. The number of carbonyl (C=O) groups is 2. The molecule has 2 N–H and O–H groups in total. The van der Waals surface area contributed by atoms with Crippen LogP contribution in [0.5, 0.6) is 5.75 Å². The van der Waals surface area contributed by atoms with Gasteiger partial charge in [-0.1, -0.05) is 18.9 Å². The van der Waals surface area contributed by atoms with Crippen LogP contribution in [-0.4, -0.2) is 68.1 Å². The molecule has 1 aromatic rings. The topological polar surface area (TPSA) is 73.9 Å². The average molecular weight is 386 g/mol. The van der Waals surface area contributed by atoms with E-state index in [1.165, 1.54) is 12.8 Å². The first-order valence-corrected chi connectivity index (χ1v) is 10.4. The Bertz CT molecular complexity index is 717. The Labute approximate surface area is 166 Å². The van der Waals surface area contributed by atoms with Gasteiger partial charge in [0.2, 0.25) is 11.8 Å². The van der Waals surface area contributed by atoms with E-state index >= 15 is 0 Å². The Morgan fingerprint density at radius 1 is 1.14 bits per heavy atom. The van der Waals surface area contributed by atoms with Gasteiger partial charge in [0.05, 0.1) is 19.6 Å². The molecule has 4 rings (SSSR count). The van der Waals surface area contributed by atoms with Crippen molar-refractivity contribution in [3.05, 3.63) is 24.3 Å². The van der Waals surface area contributed by atoms with Crippen molar-refractivity contribution in [1.82, 2.24) is 15.5 Å². The molecular formula is C21H30N4O3. The van der Waals surface area contributed by atoms with Gasteiger partial charge in [-0.15, -0.1) is 0 Å². The minimum Gasteiger partial charge on any atom is -0.497 e. The number of hydrogen-bond acceptors (Lipinski definition) is 5. The molecule has 7 heteroatoms. The normalized spacial score (nSPS) is 27.8. The number of anilines is 1. The fraction of sp³-hybridized carbons (Fsp3) is 0.619. The highest BCUT2D eigenvalue weighted by atomic mass is 16.5. The van der Waals surface area contributed by atoms with Crippen LogP contribution in [0.4, 0.5) is 5.69 Å². The number of benzene rings is 1. The first-order chi connectivity index (χ1) is 13.6. The third kappa shape index (κ3) is 4.09. The van der Waals surface area contributed by atoms with Gasteiger partial charge in [0.1, 0.15) is 5.75 Å². The highest BCUT2D eigenvalue weighted by Gasteiger charge is 2.37. The molecule has 1 saturated carbocycles.